The van der Waals surface area contributed by atoms with Crippen molar-refractivity contribution < 1.29 is 14.3 Å². The molecule has 1 aromatic heterocycles. The summed E-state index contributed by atoms with van der Waals surface area (Å²) in [6.45, 7) is 1.84. The van der Waals surface area contributed by atoms with E-state index in [1.54, 1.807) is 12.1 Å². The van der Waals surface area contributed by atoms with Crippen molar-refractivity contribution in [2.45, 2.75) is 19.4 Å². The summed E-state index contributed by atoms with van der Waals surface area (Å²) in [5.74, 6) is 0.0706. The molecule has 2 heterocycles. The number of aromatic nitrogens is 1. The van der Waals surface area contributed by atoms with Crippen LogP contribution >= 0.6 is 11.6 Å². The minimum absolute atomic E-state index is 0.0325. The lowest BCUT2D eigenvalue weighted by Gasteiger charge is -2.27. The Labute approximate surface area is 212 Å². The Balaban J connectivity index is 1.47. The van der Waals surface area contributed by atoms with Crippen molar-refractivity contribution in [2.75, 3.05) is 17.2 Å². The number of carbonyl (C=O) groups excluding carboxylic acids is 1. The Morgan fingerprint density at radius 1 is 1.11 bits per heavy atom. The lowest BCUT2D eigenvalue weighted by molar-refractivity contribution is -0.113. The van der Waals surface area contributed by atoms with E-state index in [4.69, 9.17) is 21.0 Å². The van der Waals surface area contributed by atoms with Gasteiger partial charge in [0.1, 0.15) is 11.6 Å². The first kappa shape index (κ1) is 23.6. The van der Waals surface area contributed by atoms with Crippen molar-refractivity contribution in [2.24, 2.45) is 4.99 Å². The molecule has 0 saturated carbocycles. The van der Waals surface area contributed by atoms with Gasteiger partial charge >= 0.3 is 6.01 Å². The molecule has 36 heavy (non-hydrogen) atoms. The molecule has 0 aliphatic carbocycles. The number of nitrogens with zero attached hydrogens (tertiary/aromatic N) is 2. The maximum Gasteiger partial charge on any atom is 0.302 e. The molecule has 1 unspecified atom stereocenters. The van der Waals surface area contributed by atoms with Gasteiger partial charge in [0.05, 0.1) is 5.57 Å². The monoisotopic (exact) mass is 501 g/mol. The van der Waals surface area contributed by atoms with Crippen LogP contribution < -0.4 is 16.0 Å². The normalized spacial score (nSPS) is 15.4. The molecular formula is C27H24ClN5O3. The number of aliphatic hydroxyl groups excluding tert-OH is 1. The van der Waals surface area contributed by atoms with Crippen LogP contribution in [0.15, 0.2) is 93.5 Å². The van der Waals surface area contributed by atoms with Gasteiger partial charge in [-0.25, -0.2) is 4.99 Å². The quantitative estimate of drug-likeness (QED) is 0.294. The lowest BCUT2D eigenvalue weighted by Crippen LogP contribution is -2.37. The highest BCUT2D eigenvalue weighted by Gasteiger charge is 2.31. The first-order valence-electron chi connectivity index (χ1n) is 11.5. The average Bonchev–Trinajstić information content (AvgIpc) is 3.26. The summed E-state index contributed by atoms with van der Waals surface area (Å²) in [4.78, 5) is 22.7. The SMILES string of the molecule is CC1=C(C(=O)Nc2cccc(CCO)c2)C(c2ccccc2Cl)N=C(Nc2nc3ccccc3o2)N1. The third-order valence-corrected chi connectivity index (χ3v) is 6.13. The van der Waals surface area contributed by atoms with Gasteiger partial charge in [-0.2, -0.15) is 4.98 Å². The highest BCUT2D eigenvalue weighted by Crippen LogP contribution is 2.35. The molecule has 8 nitrogen and oxygen atoms in total. The van der Waals surface area contributed by atoms with E-state index in [0.717, 1.165) is 11.1 Å². The van der Waals surface area contributed by atoms with Crippen LogP contribution in [-0.2, 0) is 11.2 Å². The van der Waals surface area contributed by atoms with Crippen molar-refractivity contribution in [3.05, 3.63) is 100 Å². The van der Waals surface area contributed by atoms with Gasteiger partial charge in [-0.1, -0.05) is 54.1 Å². The van der Waals surface area contributed by atoms with Gasteiger partial charge in [0.25, 0.3) is 5.91 Å². The maximum atomic E-state index is 13.5. The average molecular weight is 502 g/mol. The number of para-hydroxylation sites is 2. The second-order valence-corrected chi connectivity index (χ2v) is 8.71. The Bertz CT molecular complexity index is 1460. The largest absolute Gasteiger partial charge is 0.423 e. The zero-order valence-corrected chi connectivity index (χ0v) is 20.2. The highest BCUT2D eigenvalue weighted by atomic mass is 35.5. The maximum absolute atomic E-state index is 13.5. The molecule has 182 valence electrons. The fourth-order valence-corrected chi connectivity index (χ4v) is 4.35. The van der Waals surface area contributed by atoms with Gasteiger partial charge in [-0.3, -0.25) is 10.1 Å². The van der Waals surface area contributed by atoms with Gasteiger partial charge in [-0.15, -0.1) is 0 Å². The van der Waals surface area contributed by atoms with Crippen molar-refractivity contribution in [1.29, 1.82) is 0 Å². The predicted molar refractivity (Wildman–Crippen MR) is 141 cm³/mol. The number of hydrogen-bond acceptors (Lipinski definition) is 7. The molecule has 0 radical (unpaired) electrons. The molecule has 4 aromatic rings. The molecule has 0 fully saturated rings. The number of benzene rings is 3. The third kappa shape index (κ3) is 4.95. The molecule has 1 atom stereocenters. The second-order valence-electron chi connectivity index (χ2n) is 8.31. The van der Waals surface area contributed by atoms with E-state index in [9.17, 15) is 9.90 Å². The number of anilines is 2. The zero-order valence-electron chi connectivity index (χ0n) is 19.5. The van der Waals surface area contributed by atoms with Crippen LogP contribution in [0.25, 0.3) is 11.1 Å². The summed E-state index contributed by atoms with van der Waals surface area (Å²) in [5.41, 5.74) is 4.65. The van der Waals surface area contributed by atoms with Crippen molar-refractivity contribution in [3.63, 3.8) is 0 Å². The van der Waals surface area contributed by atoms with Crippen LogP contribution in [-0.4, -0.2) is 28.6 Å². The number of rotatable bonds is 6. The number of aliphatic imine (C=N–C) groups is 1. The van der Waals surface area contributed by atoms with Crippen LogP contribution in [0, 0.1) is 0 Å². The van der Waals surface area contributed by atoms with Crippen LogP contribution in [0.4, 0.5) is 11.7 Å². The Kier molecular flexibility index (Phi) is 6.71. The van der Waals surface area contributed by atoms with Gasteiger partial charge < -0.3 is 20.2 Å². The summed E-state index contributed by atoms with van der Waals surface area (Å²) in [7, 11) is 0. The van der Waals surface area contributed by atoms with Crippen LogP contribution in [0.1, 0.15) is 24.1 Å². The molecule has 9 heteroatoms. The van der Waals surface area contributed by atoms with E-state index in [2.05, 4.69) is 20.9 Å². The summed E-state index contributed by atoms with van der Waals surface area (Å²) >= 11 is 6.53. The van der Waals surface area contributed by atoms with E-state index < -0.39 is 6.04 Å². The van der Waals surface area contributed by atoms with E-state index in [0.29, 0.717) is 45.5 Å². The summed E-state index contributed by atoms with van der Waals surface area (Å²) in [5, 5.41) is 18.9. The molecule has 1 amide bonds. The molecule has 0 spiro atoms. The fraction of sp³-hybridized carbons (Fsp3) is 0.148. The first-order valence-corrected chi connectivity index (χ1v) is 11.8. The summed E-state index contributed by atoms with van der Waals surface area (Å²) < 4.78 is 5.77. The number of amides is 1. The molecule has 4 N–H and O–H groups in total. The van der Waals surface area contributed by atoms with E-state index in [1.807, 2.05) is 67.6 Å². The van der Waals surface area contributed by atoms with Crippen molar-refractivity contribution in [1.82, 2.24) is 10.3 Å². The number of aliphatic hydroxyl groups is 1. The van der Waals surface area contributed by atoms with E-state index in [1.165, 1.54) is 0 Å². The van der Waals surface area contributed by atoms with Gasteiger partial charge in [-0.05, 0) is 49.2 Å². The van der Waals surface area contributed by atoms with Crippen LogP contribution in [0.5, 0.6) is 0 Å². The number of fused-ring (bicyclic) bond motifs is 1. The molecule has 1 aliphatic rings. The van der Waals surface area contributed by atoms with Crippen molar-refractivity contribution in [3.8, 4) is 0 Å². The second kappa shape index (κ2) is 10.2. The predicted octanol–water partition coefficient (Wildman–Crippen LogP) is 5.04. The van der Waals surface area contributed by atoms with Gasteiger partial charge in [0.15, 0.2) is 5.58 Å². The Morgan fingerprint density at radius 2 is 1.92 bits per heavy atom. The zero-order chi connectivity index (χ0) is 25.1. The molecule has 5 rings (SSSR count). The molecule has 3 aromatic carbocycles. The molecule has 0 bridgehead atoms. The Hall–Kier alpha value is -4.14. The molecule has 1 aliphatic heterocycles. The smallest absolute Gasteiger partial charge is 0.302 e. The number of allylic oxidation sites excluding steroid dienone is 1. The van der Waals surface area contributed by atoms with E-state index in [-0.39, 0.29) is 18.5 Å². The summed E-state index contributed by atoms with van der Waals surface area (Å²) in [6.07, 6.45) is 0.504. The summed E-state index contributed by atoms with van der Waals surface area (Å²) in [6, 6.07) is 21.7. The number of hydrogen-bond donors (Lipinski definition) is 4. The van der Waals surface area contributed by atoms with Gasteiger partial charge in [0.2, 0.25) is 5.96 Å². The number of halogens is 1. The van der Waals surface area contributed by atoms with Gasteiger partial charge in [0, 0.05) is 28.6 Å². The lowest BCUT2D eigenvalue weighted by atomic mass is 9.95. The number of nitrogens with one attached hydrogen (secondary N) is 3. The Morgan fingerprint density at radius 3 is 2.72 bits per heavy atom. The number of carbonyl (C=O) groups is 1. The highest BCUT2D eigenvalue weighted by molar-refractivity contribution is 6.31. The minimum Gasteiger partial charge on any atom is -0.423 e. The molecular weight excluding hydrogens is 478 g/mol. The first-order chi connectivity index (χ1) is 17.5. The minimum atomic E-state index is -0.674. The fourth-order valence-electron chi connectivity index (χ4n) is 4.11. The number of guanidine groups is 1. The topological polar surface area (TPSA) is 112 Å². The third-order valence-electron chi connectivity index (χ3n) is 5.79. The van der Waals surface area contributed by atoms with Crippen LogP contribution in [0.3, 0.4) is 0 Å². The van der Waals surface area contributed by atoms with Crippen LogP contribution in [0.2, 0.25) is 5.02 Å². The molecule has 0 saturated heterocycles. The standard InChI is InChI=1S/C27H24ClN5O3/c1-16-23(25(35)30-18-8-6-7-17(15-18)13-14-34)24(19-9-2-3-10-20(19)28)32-26(29-16)33-27-31-21-11-4-5-12-22(21)36-27/h2-12,15,24,34H,13-14H2,1H3,(H,30,35)(H2,29,31,32,33). The van der Waals surface area contributed by atoms with E-state index >= 15 is 0 Å². The number of oxazole rings is 1. The van der Waals surface area contributed by atoms with Crippen molar-refractivity contribution >= 4 is 46.3 Å².